The van der Waals surface area contributed by atoms with Crippen LogP contribution in [0.4, 0.5) is 0 Å². The average molecular weight is 182 g/mol. The van der Waals surface area contributed by atoms with Crippen molar-refractivity contribution in [3.63, 3.8) is 0 Å². The van der Waals surface area contributed by atoms with Gasteiger partial charge in [0.2, 0.25) is 0 Å². The van der Waals surface area contributed by atoms with Crippen LogP contribution in [0.2, 0.25) is 0 Å². The molecule has 0 fully saturated rings. The molecule has 2 atom stereocenters. The first-order valence-electron chi connectivity index (χ1n) is 2.75. The monoisotopic (exact) mass is 182 g/mol. The van der Waals surface area contributed by atoms with Crippen molar-refractivity contribution >= 4 is 27.9 Å². The van der Waals surface area contributed by atoms with Gasteiger partial charge in [-0.25, -0.2) is 0 Å². The van der Waals surface area contributed by atoms with Gasteiger partial charge < -0.3 is 4.79 Å². The quantitative estimate of drug-likeness (QED) is 0.529. The SMILES string of the molecule is CS(=O)CCS(=O)CC=O. The Morgan fingerprint density at radius 3 is 2.30 bits per heavy atom. The zero-order valence-corrected chi connectivity index (χ0v) is 7.37. The number of rotatable bonds is 5. The Hall–Kier alpha value is -0.0300. The van der Waals surface area contributed by atoms with Crippen molar-refractivity contribution in [3.8, 4) is 0 Å². The van der Waals surface area contributed by atoms with E-state index in [2.05, 4.69) is 0 Å². The summed E-state index contributed by atoms with van der Waals surface area (Å²) in [4.78, 5) is 9.79. The highest BCUT2D eigenvalue weighted by atomic mass is 32.2. The van der Waals surface area contributed by atoms with Crippen LogP contribution in [0.15, 0.2) is 0 Å². The summed E-state index contributed by atoms with van der Waals surface area (Å²) in [6.07, 6.45) is 2.17. The van der Waals surface area contributed by atoms with Crippen LogP contribution in [0, 0.1) is 0 Å². The van der Waals surface area contributed by atoms with Crippen molar-refractivity contribution in [2.75, 3.05) is 23.5 Å². The fraction of sp³-hybridized carbons (Fsp3) is 0.800. The Labute approximate surface area is 65.1 Å². The Bertz CT molecular complexity index is 155. The van der Waals surface area contributed by atoms with E-state index in [1.807, 2.05) is 0 Å². The maximum atomic E-state index is 10.7. The van der Waals surface area contributed by atoms with Gasteiger partial charge in [-0.1, -0.05) is 0 Å². The molecule has 3 nitrogen and oxygen atoms in total. The number of hydrogen-bond donors (Lipinski definition) is 0. The summed E-state index contributed by atoms with van der Waals surface area (Å²) >= 11 is 0. The van der Waals surface area contributed by atoms with E-state index in [1.165, 1.54) is 0 Å². The predicted molar refractivity (Wildman–Crippen MR) is 42.9 cm³/mol. The molecule has 0 bridgehead atoms. The summed E-state index contributed by atoms with van der Waals surface area (Å²) in [7, 11) is -2.00. The van der Waals surface area contributed by atoms with Crippen LogP contribution < -0.4 is 0 Å². The molecule has 0 amide bonds. The van der Waals surface area contributed by atoms with Gasteiger partial charge in [-0.3, -0.25) is 8.42 Å². The largest absolute Gasteiger partial charge is 0.302 e. The molecule has 0 saturated heterocycles. The fourth-order valence-corrected chi connectivity index (χ4v) is 2.37. The molecule has 0 aromatic rings. The molecule has 0 aliphatic rings. The van der Waals surface area contributed by atoms with Gasteiger partial charge in [0.25, 0.3) is 0 Å². The Balaban J connectivity index is 3.39. The minimum atomic E-state index is -1.10. The molecular weight excluding hydrogens is 172 g/mol. The molecule has 0 heterocycles. The van der Waals surface area contributed by atoms with Crippen LogP contribution in [0.3, 0.4) is 0 Å². The second-order valence-electron chi connectivity index (χ2n) is 1.75. The van der Waals surface area contributed by atoms with Crippen LogP contribution in [-0.2, 0) is 26.4 Å². The lowest BCUT2D eigenvalue weighted by Gasteiger charge is -1.93. The van der Waals surface area contributed by atoms with Crippen LogP contribution >= 0.6 is 0 Å². The van der Waals surface area contributed by atoms with Crippen LogP contribution in [0.5, 0.6) is 0 Å². The van der Waals surface area contributed by atoms with Crippen molar-refractivity contribution in [2.45, 2.75) is 0 Å². The standard InChI is InChI=1S/C5H10O3S2/c1-9(7)4-5-10(8)3-2-6/h2H,3-5H2,1H3. The van der Waals surface area contributed by atoms with Gasteiger partial charge in [0.1, 0.15) is 6.29 Å². The van der Waals surface area contributed by atoms with Crippen LogP contribution in [0.1, 0.15) is 0 Å². The molecule has 60 valence electrons. The predicted octanol–water partition coefficient (Wildman–Crippen LogP) is -0.688. The first-order chi connectivity index (χ1) is 4.66. The van der Waals surface area contributed by atoms with Crippen molar-refractivity contribution in [2.24, 2.45) is 0 Å². The van der Waals surface area contributed by atoms with E-state index in [1.54, 1.807) is 6.26 Å². The third-order valence-electron chi connectivity index (χ3n) is 0.852. The summed E-state index contributed by atoms with van der Waals surface area (Å²) in [5.41, 5.74) is 0. The lowest BCUT2D eigenvalue weighted by molar-refractivity contribution is -0.105. The van der Waals surface area contributed by atoms with Crippen molar-refractivity contribution < 1.29 is 13.2 Å². The Morgan fingerprint density at radius 1 is 1.30 bits per heavy atom. The lowest BCUT2D eigenvalue weighted by Crippen LogP contribution is -2.09. The van der Waals surface area contributed by atoms with Gasteiger partial charge in [0.05, 0.1) is 5.75 Å². The molecule has 0 radical (unpaired) electrons. The normalized spacial score (nSPS) is 16.1. The molecule has 0 saturated carbocycles. The zero-order valence-electron chi connectivity index (χ0n) is 5.74. The summed E-state index contributed by atoms with van der Waals surface area (Å²) in [6.45, 7) is 0. The first-order valence-corrected chi connectivity index (χ1v) is 5.97. The Morgan fingerprint density at radius 2 is 1.90 bits per heavy atom. The van der Waals surface area contributed by atoms with Gasteiger partial charge >= 0.3 is 0 Å². The third kappa shape index (κ3) is 6.10. The number of aldehydes is 1. The number of carbonyl (C=O) groups excluding carboxylic acids is 1. The van der Waals surface area contributed by atoms with E-state index in [9.17, 15) is 13.2 Å². The van der Waals surface area contributed by atoms with E-state index >= 15 is 0 Å². The van der Waals surface area contributed by atoms with Gasteiger partial charge in [0, 0.05) is 39.4 Å². The van der Waals surface area contributed by atoms with Gasteiger partial charge in [-0.15, -0.1) is 0 Å². The molecule has 0 N–H and O–H groups in total. The second kappa shape index (κ2) is 5.73. The topological polar surface area (TPSA) is 51.2 Å². The molecule has 5 heteroatoms. The third-order valence-corrected chi connectivity index (χ3v) is 3.06. The molecule has 2 unspecified atom stereocenters. The van der Waals surface area contributed by atoms with Gasteiger partial charge in [0.15, 0.2) is 0 Å². The van der Waals surface area contributed by atoms with E-state index < -0.39 is 21.6 Å². The summed E-state index contributed by atoms with van der Waals surface area (Å²) in [5.74, 6) is 0.847. The van der Waals surface area contributed by atoms with Gasteiger partial charge in [-0.2, -0.15) is 0 Å². The summed E-state index contributed by atoms with van der Waals surface area (Å²) in [5, 5.41) is 0. The average Bonchev–Trinajstić information content (AvgIpc) is 1.85. The highest BCUT2D eigenvalue weighted by Crippen LogP contribution is 1.82. The van der Waals surface area contributed by atoms with Crippen LogP contribution in [-0.4, -0.2) is 38.2 Å². The van der Waals surface area contributed by atoms with E-state index in [0.717, 1.165) is 0 Å². The summed E-state index contributed by atoms with van der Waals surface area (Å²) < 4.78 is 21.1. The highest BCUT2D eigenvalue weighted by molar-refractivity contribution is 7.88. The second-order valence-corrected chi connectivity index (χ2v) is 4.93. The Kier molecular flexibility index (Phi) is 5.71. The lowest BCUT2D eigenvalue weighted by atomic mass is 10.9. The molecule has 0 aliphatic carbocycles. The molecule has 0 aromatic heterocycles. The van der Waals surface area contributed by atoms with Crippen molar-refractivity contribution in [3.05, 3.63) is 0 Å². The zero-order chi connectivity index (χ0) is 7.98. The number of carbonyl (C=O) groups is 1. The van der Waals surface area contributed by atoms with Crippen LogP contribution in [0.25, 0.3) is 0 Å². The maximum absolute atomic E-state index is 10.7. The molecule has 10 heavy (non-hydrogen) atoms. The van der Waals surface area contributed by atoms with E-state index in [0.29, 0.717) is 17.8 Å². The summed E-state index contributed by atoms with van der Waals surface area (Å²) in [6, 6.07) is 0. The molecule has 0 rings (SSSR count). The van der Waals surface area contributed by atoms with E-state index in [4.69, 9.17) is 0 Å². The fourth-order valence-electron chi connectivity index (χ4n) is 0.370. The van der Waals surface area contributed by atoms with Gasteiger partial charge in [-0.05, 0) is 0 Å². The number of hydrogen-bond acceptors (Lipinski definition) is 3. The first kappa shape index (κ1) is 9.97. The highest BCUT2D eigenvalue weighted by Gasteiger charge is 1.98. The molecule has 0 aromatic carbocycles. The molecule has 0 spiro atoms. The van der Waals surface area contributed by atoms with Crippen molar-refractivity contribution in [1.82, 2.24) is 0 Å². The molecule has 0 aliphatic heterocycles. The minimum absolute atomic E-state index is 0.0667. The maximum Gasteiger partial charge on any atom is 0.132 e. The molecular formula is C5H10O3S2. The smallest absolute Gasteiger partial charge is 0.132 e. The van der Waals surface area contributed by atoms with E-state index in [-0.39, 0.29) is 5.75 Å². The minimum Gasteiger partial charge on any atom is -0.302 e. The van der Waals surface area contributed by atoms with Crippen molar-refractivity contribution in [1.29, 1.82) is 0 Å².